The molecule has 1 rings (SSSR count). The van der Waals surface area contributed by atoms with Crippen LogP contribution in [0, 0.1) is 10.1 Å². The van der Waals surface area contributed by atoms with Crippen molar-refractivity contribution in [2.45, 2.75) is 12.8 Å². The molecule has 7 nitrogen and oxygen atoms in total. The number of nitrogens with one attached hydrogen (secondary N) is 1. The number of carbonyl (C=O) groups is 1. The summed E-state index contributed by atoms with van der Waals surface area (Å²) in [7, 11) is 1.61. The minimum absolute atomic E-state index is 0.224. The number of hydrogen-bond acceptors (Lipinski definition) is 5. The molecule has 7 heteroatoms. The smallest absolute Gasteiger partial charge is 0.342 e. The van der Waals surface area contributed by atoms with Crippen LogP contribution in [0.2, 0.25) is 0 Å². The standard InChI is InChI=1S/C12H16N2O5/c1-19-8-3-2-7-13-10-6-4-5-9(12(15)16)11(10)14(17)18/h4-6,13H,2-3,7-8H2,1H3,(H,15,16). The zero-order valence-corrected chi connectivity index (χ0v) is 10.6. The van der Waals surface area contributed by atoms with Gasteiger partial charge in [0.1, 0.15) is 11.3 Å². The van der Waals surface area contributed by atoms with Gasteiger partial charge in [0.15, 0.2) is 0 Å². The molecular formula is C12H16N2O5. The molecule has 0 amide bonds. The predicted octanol–water partition coefficient (Wildman–Crippen LogP) is 2.13. The van der Waals surface area contributed by atoms with Crippen LogP contribution in [0.4, 0.5) is 11.4 Å². The van der Waals surface area contributed by atoms with Crippen LogP contribution >= 0.6 is 0 Å². The highest BCUT2D eigenvalue weighted by Gasteiger charge is 2.23. The third-order valence-corrected chi connectivity index (χ3v) is 2.54. The number of nitro groups is 1. The Balaban J connectivity index is 2.80. The van der Waals surface area contributed by atoms with Gasteiger partial charge in [0.05, 0.1) is 4.92 Å². The summed E-state index contributed by atoms with van der Waals surface area (Å²) in [5.74, 6) is -1.31. The maximum Gasteiger partial charge on any atom is 0.342 e. The largest absolute Gasteiger partial charge is 0.477 e. The summed E-state index contributed by atoms with van der Waals surface area (Å²) in [5.41, 5.74) is -0.490. The van der Waals surface area contributed by atoms with E-state index in [1.165, 1.54) is 18.2 Å². The Morgan fingerprint density at radius 2 is 2.21 bits per heavy atom. The minimum Gasteiger partial charge on any atom is -0.477 e. The van der Waals surface area contributed by atoms with E-state index < -0.39 is 16.6 Å². The zero-order chi connectivity index (χ0) is 14.3. The molecule has 0 aliphatic rings. The maximum absolute atomic E-state index is 11.0. The van der Waals surface area contributed by atoms with Gasteiger partial charge in [0.25, 0.3) is 0 Å². The number of para-hydroxylation sites is 1. The van der Waals surface area contributed by atoms with Gasteiger partial charge >= 0.3 is 11.7 Å². The fraction of sp³-hybridized carbons (Fsp3) is 0.417. The van der Waals surface area contributed by atoms with Crippen molar-refractivity contribution in [2.24, 2.45) is 0 Å². The van der Waals surface area contributed by atoms with Gasteiger partial charge in [0.2, 0.25) is 0 Å². The molecule has 0 fully saturated rings. The topological polar surface area (TPSA) is 102 Å². The fourth-order valence-corrected chi connectivity index (χ4v) is 1.65. The van der Waals surface area contributed by atoms with Crippen molar-refractivity contribution in [3.63, 3.8) is 0 Å². The summed E-state index contributed by atoms with van der Waals surface area (Å²) >= 11 is 0. The number of carboxylic acid groups (broad SMARTS) is 1. The van der Waals surface area contributed by atoms with Crippen LogP contribution in [0.3, 0.4) is 0 Å². The number of anilines is 1. The van der Waals surface area contributed by atoms with Crippen LogP contribution in [-0.2, 0) is 4.74 Å². The van der Waals surface area contributed by atoms with E-state index >= 15 is 0 Å². The molecule has 0 aliphatic carbocycles. The Labute approximate surface area is 110 Å². The Morgan fingerprint density at radius 3 is 2.79 bits per heavy atom. The molecule has 1 aromatic carbocycles. The Kier molecular flexibility index (Phi) is 5.74. The molecule has 0 radical (unpaired) electrons. The summed E-state index contributed by atoms with van der Waals surface area (Å²) in [6, 6.07) is 4.20. The number of ether oxygens (including phenoxy) is 1. The van der Waals surface area contributed by atoms with Crippen LogP contribution in [-0.4, -0.2) is 36.3 Å². The summed E-state index contributed by atoms with van der Waals surface area (Å²) in [6.45, 7) is 1.15. The highest BCUT2D eigenvalue weighted by atomic mass is 16.6. The number of methoxy groups -OCH3 is 1. The lowest BCUT2D eigenvalue weighted by Crippen LogP contribution is -2.09. The van der Waals surface area contributed by atoms with Crippen molar-refractivity contribution in [1.29, 1.82) is 0 Å². The first-order valence-corrected chi connectivity index (χ1v) is 5.81. The first kappa shape index (κ1) is 14.9. The Morgan fingerprint density at radius 1 is 1.47 bits per heavy atom. The van der Waals surface area contributed by atoms with E-state index in [0.717, 1.165) is 12.8 Å². The summed E-state index contributed by atoms with van der Waals surface area (Å²) in [4.78, 5) is 21.2. The Bertz CT molecular complexity index is 461. The predicted molar refractivity (Wildman–Crippen MR) is 69.7 cm³/mol. The van der Waals surface area contributed by atoms with E-state index in [1.807, 2.05) is 0 Å². The van der Waals surface area contributed by atoms with Crippen molar-refractivity contribution in [2.75, 3.05) is 25.6 Å². The molecule has 2 N–H and O–H groups in total. The van der Waals surface area contributed by atoms with Gasteiger partial charge in [-0.05, 0) is 25.0 Å². The van der Waals surface area contributed by atoms with Crippen molar-refractivity contribution >= 4 is 17.3 Å². The normalized spacial score (nSPS) is 10.2. The molecule has 0 aromatic heterocycles. The van der Waals surface area contributed by atoms with Gasteiger partial charge in [0, 0.05) is 20.3 Å². The number of aromatic carboxylic acids is 1. The molecule has 0 aliphatic heterocycles. The van der Waals surface area contributed by atoms with E-state index in [1.54, 1.807) is 7.11 Å². The number of nitro benzene ring substituents is 1. The van der Waals surface area contributed by atoms with Crippen LogP contribution < -0.4 is 5.32 Å². The molecule has 0 saturated carbocycles. The molecule has 0 spiro atoms. The van der Waals surface area contributed by atoms with Crippen molar-refractivity contribution in [3.8, 4) is 0 Å². The van der Waals surface area contributed by atoms with Crippen LogP contribution in [0.1, 0.15) is 23.2 Å². The molecular weight excluding hydrogens is 252 g/mol. The molecule has 0 bridgehead atoms. The van der Waals surface area contributed by atoms with Gasteiger partial charge in [-0.2, -0.15) is 0 Å². The Hall–Kier alpha value is -2.15. The van der Waals surface area contributed by atoms with Crippen molar-refractivity contribution < 1.29 is 19.6 Å². The fourth-order valence-electron chi connectivity index (χ4n) is 1.65. The van der Waals surface area contributed by atoms with Crippen LogP contribution in [0.25, 0.3) is 0 Å². The average molecular weight is 268 g/mol. The molecule has 104 valence electrons. The maximum atomic E-state index is 11.0. The lowest BCUT2D eigenvalue weighted by Gasteiger charge is -2.08. The molecule has 0 saturated heterocycles. The number of benzene rings is 1. The van der Waals surface area contributed by atoms with Crippen LogP contribution in [0.5, 0.6) is 0 Å². The van der Waals surface area contributed by atoms with E-state index in [9.17, 15) is 14.9 Å². The lowest BCUT2D eigenvalue weighted by atomic mass is 10.1. The number of nitrogens with zero attached hydrogens (tertiary/aromatic N) is 1. The first-order valence-electron chi connectivity index (χ1n) is 5.81. The third kappa shape index (κ3) is 4.22. The third-order valence-electron chi connectivity index (χ3n) is 2.54. The van der Waals surface area contributed by atoms with Gasteiger partial charge in [-0.25, -0.2) is 4.79 Å². The minimum atomic E-state index is -1.31. The van der Waals surface area contributed by atoms with Gasteiger partial charge in [-0.1, -0.05) is 6.07 Å². The quantitative estimate of drug-likeness (QED) is 0.425. The number of carboxylic acids is 1. The first-order chi connectivity index (χ1) is 9.07. The van der Waals surface area contributed by atoms with Crippen molar-refractivity contribution in [1.82, 2.24) is 0 Å². The van der Waals surface area contributed by atoms with Crippen molar-refractivity contribution in [3.05, 3.63) is 33.9 Å². The zero-order valence-electron chi connectivity index (χ0n) is 10.6. The number of hydrogen-bond donors (Lipinski definition) is 2. The van der Waals surface area contributed by atoms with Gasteiger partial charge in [-0.3, -0.25) is 10.1 Å². The van der Waals surface area contributed by atoms with E-state index in [0.29, 0.717) is 13.2 Å². The van der Waals surface area contributed by atoms with Gasteiger partial charge in [-0.15, -0.1) is 0 Å². The monoisotopic (exact) mass is 268 g/mol. The summed E-state index contributed by atoms with van der Waals surface area (Å²) < 4.78 is 4.89. The second kappa shape index (κ2) is 7.32. The average Bonchev–Trinajstić information content (AvgIpc) is 2.37. The molecule has 0 heterocycles. The lowest BCUT2D eigenvalue weighted by molar-refractivity contribution is -0.384. The van der Waals surface area contributed by atoms with Gasteiger partial charge < -0.3 is 15.2 Å². The molecule has 19 heavy (non-hydrogen) atoms. The summed E-state index contributed by atoms with van der Waals surface area (Å²) in [5, 5.41) is 22.8. The molecule has 1 aromatic rings. The SMILES string of the molecule is COCCCCNc1cccc(C(=O)O)c1[N+](=O)[O-]. The number of unbranched alkanes of at least 4 members (excludes halogenated alkanes) is 1. The highest BCUT2D eigenvalue weighted by molar-refractivity contribution is 5.95. The second-order valence-corrected chi connectivity index (χ2v) is 3.89. The van der Waals surface area contributed by atoms with E-state index in [4.69, 9.17) is 9.84 Å². The molecule has 0 atom stereocenters. The van der Waals surface area contributed by atoms with E-state index in [-0.39, 0.29) is 11.3 Å². The summed E-state index contributed by atoms with van der Waals surface area (Å²) in [6.07, 6.45) is 1.61. The number of rotatable bonds is 8. The van der Waals surface area contributed by atoms with E-state index in [2.05, 4.69) is 5.32 Å². The highest BCUT2D eigenvalue weighted by Crippen LogP contribution is 2.28. The second-order valence-electron chi connectivity index (χ2n) is 3.89. The van der Waals surface area contributed by atoms with Crippen LogP contribution in [0.15, 0.2) is 18.2 Å². The molecule has 0 unspecified atom stereocenters.